The van der Waals surface area contributed by atoms with E-state index in [1.54, 1.807) is 6.26 Å². The summed E-state index contributed by atoms with van der Waals surface area (Å²) in [5.74, 6) is 1.03. The summed E-state index contributed by atoms with van der Waals surface area (Å²) in [5, 5.41) is 4.89. The molecule has 122 valence electrons. The van der Waals surface area contributed by atoms with Crippen LogP contribution in [0.25, 0.3) is 10.9 Å². The summed E-state index contributed by atoms with van der Waals surface area (Å²) >= 11 is 0. The molecule has 23 heavy (non-hydrogen) atoms. The third kappa shape index (κ3) is 3.49. The Morgan fingerprint density at radius 3 is 2.74 bits per heavy atom. The van der Waals surface area contributed by atoms with E-state index in [2.05, 4.69) is 59.4 Å². The average molecular weight is 311 g/mol. The zero-order valence-corrected chi connectivity index (χ0v) is 13.9. The molecular formula is C19H25N3O. The second-order valence-electron chi connectivity index (χ2n) is 5.74. The zero-order chi connectivity index (χ0) is 16.1. The molecule has 1 unspecified atom stereocenters. The minimum Gasteiger partial charge on any atom is -0.468 e. The zero-order valence-electron chi connectivity index (χ0n) is 13.9. The number of hydrogen-bond acceptors (Lipinski definition) is 3. The van der Waals surface area contributed by atoms with Crippen molar-refractivity contribution in [3.63, 3.8) is 0 Å². The summed E-state index contributed by atoms with van der Waals surface area (Å²) in [6.45, 7) is 8.14. The number of hydrogen-bond donors (Lipinski definition) is 2. The maximum atomic E-state index is 5.65. The molecule has 0 aliphatic rings. The Balaban J connectivity index is 1.68. The number of nitrogens with zero attached hydrogens (tertiary/aromatic N) is 1. The van der Waals surface area contributed by atoms with Crippen molar-refractivity contribution in [2.24, 2.45) is 0 Å². The largest absolute Gasteiger partial charge is 0.468 e. The maximum absolute atomic E-state index is 5.65. The first kappa shape index (κ1) is 15.8. The van der Waals surface area contributed by atoms with E-state index < -0.39 is 0 Å². The SMILES string of the molecule is CCN(CC)C(CNCc1cccc2[nH]ccc12)c1ccco1. The second kappa shape index (κ2) is 7.49. The number of furan rings is 1. The minimum absolute atomic E-state index is 0.269. The molecule has 0 aliphatic heterocycles. The van der Waals surface area contributed by atoms with Crippen LogP contribution in [-0.4, -0.2) is 29.5 Å². The molecule has 4 heteroatoms. The van der Waals surface area contributed by atoms with E-state index in [1.807, 2.05) is 12.3 Å². The monoisotopic (exact) mass is 311 g/mol. The van der Waals surface area contributed by atoms with Gasteiger partial charge in [0.05, 0.1) is 12.3 Å². The molecule has 0 radical (unpaired) electrons. The van der Waals surface area contributed by atoms with Gasteiger partial charge in [0.1, 0.15) is 5.76 Å². The Kier molecular flexibility index (Phi) is 5.16. The van der Waals surface area contributed by atoms with Crippen molar-refractivity contribution in [3.8, 4) is 0 Å². The number of fused-ring (bicyclic) bond motifs is 1. The number of likely N-dealkylation sites (N-methyl/N-ethyl adjacent to an activating group) is 1. The Hall–Kier alpha value is -2.04. The Morgan fingerprint density at radius 1 is 1.13 bits per heavy atom. The Labute approximate surface area is 137 Å². The van der Waals surface area contributed by atoms with Crippen LogP contribution in [0.2, 0.25) is 0 Å². The number of benzene rings is 1. The topological polar surface area (TPSA) is 44.2 Å². The molecular weight excluding hydrogens is 286 g/mol. The lowest BCUT2D eigenvalue weighted by molar-refractivity contribution is 0.188. The smallest absolute Gasteiger partial charge is 0.122 e. The van der Waals surface area contributed by atoms with Gasteiger partial charge in [-0.1, -0.05) is 26.0 Å². The molecule has 2 N–H and O–H groups in total. The van der Waals surface area contributed by atoms with Crippen LogP contribution in [0.15, 0.2) is 53.3 Å². The van der Waals surface area contributed by atoms with E-state index >= 15 is 0 Å². The number of rotatable bonds is 8. The van der Waals surface area contributed by atoms with E-state index in [1.165, 1.54) is 16.5 Å². The lowest BCUT2D eigenvalue weighted by Crippen LogP contribution is -2.35. The molecule has 0 bridgehead atoms. The molecule has 0 saturated carbocycles. The Morgan fingerprint density at radius 2 is 2.00 bits per heavy atom. The molecule has 0 amide bonds. The van der Waals surface area contributed by atoms with Crippen LogP contribution >= 0.6 is 0 Å². The summed E-state index contributed by atoms with van der Waals surface area (Å²) < 4.78 is 5.65. The number of nitrogens with one attached hydrogen (secondary N) is 2. The summed E-state index contributed by atoms with van der Waals surface area (Å²) in [4.78, 5) is 5.69. The molecule has 0 spiro atoms. The summed E-state index contributed by atoms with van der Waals surface area (Å²) in [6, 6.07) is 12.8. The van der Waals surface area contributed by atoms with Crippen LogP contribution < -0.4 is 5.32 Å². The first-order valence-electron chi connectivity index (χ1n) is 8.36. The van der Waals surface area contributed by atoms with Gasteiger partial charge in [-0.3, -0.25) is 4.90 Å². The van der Waals surface area contributed by atoms with Crippen molar-refractivity contribution in [1.82, 2.24) is 15.2 Å². The molecule has 2 aromatic heterocycles. The first-order chi connectivity index (χ1) is 11.3. The van der Waals surface area contributed by atoms with E-state index in [-0.39, 0.29) is 6.04 Å². The molecule has 4 nitrogen and oxygen atoms in total. The van der Waals surface area contributed by atoms with Gasteiger partial charge in [0.2, 0.25) is 0 Å². The van der Waals surface area contributed by atoms with Crippen molar-refractivity contribution in [1.29, 1.82) is 0 Å². The highest BCUT2D eigenvalue weighted by Crippen LogP contribution is 2.21. The van der Waals surface area contributed by atoms with Crippen molar-refractivity contribution in [2.45, 2.75) is 26.4 Å². The fourth-order valence-electron chi connectivity index (χ4n) is 3.20. The van der Waals surface area contributed by atoms with E-state index in [0.717, 1.165) is 31.9 Å². The van der Waals surface area contributed by atoms with E-state index in [4.69, 9.17) is 4.42 Å². The lowest BCUT2D eigenvalue weighted by atomic mass is 10.1. The van der Waals surface area contributed by atoms with Gasteiger partial charge in [-0.05, 0) is 42.9 Å². The molecule has 3 rings (SSSR count). The summed E-state index contributed by atoms with van der Waals surface area (Å²) in [7, 11) is 0. The molecule has 0 aliphatic carbocycles. The molecule has 1 atom stereocenters. The van der Waals surface area contributed by atoms with E-state index in [9.17, 15) is 0 Å². The van der Waals surface area contributed by atoms with Gasteiger partial charge in [-0.15, -0.1) is 0 Å². The number of aromatic nitrogens is 1. The molecule has 2 heterocycles. The van der Waals surface area contributed by atoms with Crippen LogP contribution in [0.3, 0.4) is 0 Å². The van der Waals surface area contributed by atoms with Crippen LogP contribution in [0.4, 0.5) is 0 Å². The molecule has 1 aromatic carbocycles. The third-order valence-corrected chi connectivity index (χ3v) is 4.46. The van der Waals surface area contributed by atoms with Gasteiger partial charge in [-0.25, -0.2) is 0 Å². The van der Waals surface area contributed by atoms with Crippen LogP contribution in [0.5, 0.6) is 0 Å². The lowest BCUT2D eigenvalue weighted by Gasteiger charge is -2.28. The van der Waals surface area contributed by atoms with Crippen molar-refractivity contribution in [2.75, 3.05) is 19.6 Å². The van der Waals surface area contributed by atoms with Gasteiger partial charge >= 0.3 is 0 Å². The van der Waals surface area contributed by atoms with Crippen LogP contribution in [-0.2, 0) is 6.54 Å². The predicted octanol–water partition coefficient (Wildman–Crippen LogP) is 3.93. The highest BCUT2D eigenvalue weighted by Gasteiger charge is 2.20. The fraction of sp³-hybridized carbons (Fsp3) is 0.368. The maximum Gasteiger partial charge on any atom is 0.122 e. The second-order valence-corrected chi connectivity index (χ2v) is 5.74. The van der Waals surface area contributed by atoms with Gasteiger partial charge < -0.3 is 14.7 Å². The highest BCUT2D eigenvalue weighted by atomic mass is 16.3. The third-order valence-electron chi connectivity index (χ3n) is 4.46. The molecule has 3 aromatic rings. The van der Waals surface area contributed by atoms with Crippen LogP contribution in [0, 0.1) is 0 Å². The quantitative estimate of drug-likeness (QED) is 0.662. The first-order valence-corrected chi connectivity index (χ1v) is 8.36. The summed E-state index contributed by atoms with van der Waals surface area (Å²) in [5.41, 5.74) is 2.51. The average Bonchev–Trinajstić information content (AvgIpc) is 3.26. The number of aromatic amines is 1. The molecule has 0 saturated heterocycles. The van der Waals surface area contributed by atoms with E-state index in [0.29, 0.717) is 0 Å². The normalized spacial score (nSPS) is 13.0. The van der Waals surface area contributed by atoms with Crippen molar-refractivity contribution < 1.29 is 4.42 Å². The van der Waals surface area contributed by atoms with Crippen LogP contribution in [0.1, 0.15) is 31.2 Å². The van der Waals surface area contributed by atoms with Crippen molar-refractivity contribution in [3.05, 3.63) is 60.2 Å². The molecule has 0 fully saturated rings. The predicted molar refractivity (Wildman–Crippen MR) is 94.4 cm³/mol. The van der Waals surface area contributed by atoms with Gasteiger partial charge in [0, 0.05) is 30.2 Å². The van der Waals surface area contributed by atoms with Gasteiger partial charge in [-0.2, -0.15) is 0 Å². The minimum atomic E-state index is 0.269. The Bertz CT molecular complexity index is 713. The highest BCUT2D eigenvalue weighted by molar-refractivity contribution is 5.82. The fourth-order valence-corrected chi connectivity index (χ4v) is 3.20. The number of H-pyrrole nitrogens is 1. The van der Waals surface area contributed by atoms with Gasteiger partial charge in [0.15, 0.2) is 0 Å². The standard InChI is InChI=1S/C19H25N3O/c1-3-22(4-2)18(19-9-6-12-23-19)14-20-13-15-7-5-8-17-16(15)10-11-21-17/h5-12,18,20-21H,3-4,13-14H2,1-2H3. The summed E-state index contributed by atoms with van der Waals surface area (Å²) in [6.07, 6.45) is 3.75. The van der Waals surface area contributed by atoms with Gasteiger partial charge in [0.25, 0.3) is 0 Å². The van der Waals surface area contributed by atoms with Crippen molar-refractivity contribution >= 4 is 10.9 Å².